The average molecular weight is 478 g/mol. The topological polar surface area (TPSA) is 89.5 Å². The van der Waals surface area contributed by atoms with Crippen molar-refractivity contribution in [2.75, 3.05) is 13.2 Å². The van der Waals surface area contributed by atoms with Gasteiger partial charge < -0.3 is 14.2 Å². The van der Waals surface area contributed by atoms with Crippen LogP contribution in [0.3, 0.4) is 0 Å². The highest BCUT2D eigenvalue weighted by atomic mass is 31.2. The van der Waals surface area contributed by atoms with Crippen molar-refractivity contribution in [1.82, 2.24) is 0 Å². The number of benzene rings is 2. The Kier molecular flexibility index (Phi) is 9.62. The number of phosphoric ester groups is 1. The van der Waals surface area contributed by atoms with E-state index >= 15 is 0 Å². The van der Waals surface area contributed by atoms with Crippen LogP contribution in [0, 0.1) is 0 Å². The summed E-state index contributed by atoms with van der Waals surface area (Å²) in [6, 6.07) is 18.4. The van der Waals surface area contributed by atoms with Gasteiger partial charge in [0.05, 0.1) is 31.5 Å². The van der Waals surface area contributed by atoms with Gasteiger partial charge in [0.2, 0.25) is 0 Å². The van der Waals surface area contributed by atoms with Crippen molar-refractivity contribution >= 4 is 13.8 Å². The van der Waals surface area contributed by atoms with Gasteiger partial charge in [0.15, 0.2) is 12.4 Å². The molecule has 8 nitrogen and oxygen atoms in total. The molecular formula is C24H31O8P. The van der Waals surface area contributed by atoms with Crippen molar-refractivity contribution < 1.29 is 37.1 Å². The van der Waals surface area contributed by atoms with Crippen LogP contribution in [0.25, 0.3) is 0 Å². The second kappa shape index (κ2) is 12.4. The zero-order chi connectivity index (χ0) is 23.7. The standard InChI is InChI=1S/C24H31O8P/c1-4-28-33(26,29-5-2)32-22-16-21(27-17-19-12-8-6-9-13-19)23(18(3)30-22)31-24(25)20-14-10-7-11-15-20/h6-15,18,21-23H,4-5,16-17H2,1-3H3/t18-,21-,22-,23-/m1/s1. The van der Waals surface area contributed by atoms with E-state index in [2.05, 4.69) is 0 Å². The maximum atomic E-state index is 12.8. The Bertz CT molecular complexity index is 897. The Morgan fingerprint density at radius 1 is 1.00 bits per heavy atom. The highest BCUT2D eigenvalue weighted by Gasteiger charge is 2.43. The average Bonchev–Trinajstić information content (AvgIpc) is 2.81. The summed E-state index contributed by atoms with van der Waals surface area (Å²) in [4.78, 5) is 12.7. The lowest BCUT2D eigenvalue weighted by Gasteiger charge is -2.40. The molecule has 33 heavy (non-hydrogen) atoms. The molecule has 0 amide bonds. The van der Waals surface area contributed by atoms with Crippen molar-refractivity contribution in [2.45, 2.75) is 58.4 Å². The molecule has 0 bridgehead atoms. The highest BCUT2D eigenvalue weighted by molar-refractivity contribution is 7.48. The molecule has 9 heteroatoms. The summed E-state index contributed by atoms with van der Waals surface area (Å²) >= 11 is 0. The summed E-state index contributed by atoms with van der Waals surface area (Å²) in [6.45, 7) is 5.77. The van der Waals surface area contributed by atoms with Crippen LogP contribution in [0.2, 0.25) is 0 Å². The van der Waals surface area contributed by atoms with Gasteiger partial charge in [-0.3, -0.25) is 13.6 Å². The first-order chi connectivity index (χ1) is 15.9. The minimum absolute atomic E-state index is 0.158. The normalized spacial score (nSPS) is 23.2. The lowest BCUT2D eigenvalue weighted by Crippen LogP contribution is -2.50. The van der Waals surface area contributed by atoms with E-state index in [9.17, 15) is 9.36 Å². The predicted octanol–water partition coefficient (Wildman–Crippen LogP) is 5.13. The Morgan fingerprint density at radius 3 is 2.21 bits per heavy atom. The minimum atomic E-state index is -3.80. The van der Waals surface area contributed by atoms with E-state index in [-0.39, 0.29) is 19.6 Å². The highest BCUT2D eigenvalue weighted by Crippen LogP contribution is 2.51. The maximum Gasteiger partial charge on any atom is 0.477 e. The van der Waals surface area contributed by atoms with Crippen LogP contribution < -0.4 is 0 Å². The molecule has 1 saturated heterocycles. The monoisotopic (exact) mass is 478 g/mol. The smallest absolute Gasteiger partial charge is 0.453 e. The van der Waals surface area contributed by atoms with Gasteiger partial charge in [-0.05, 0) is 38.5 Å². The summed E-state index contributed by atoms with van der Waals surface area (Å²) in [5.74, 6) is -0.474. The molecule has 1 aliphatic heterocycles. The van der Waals surface area contributed by atoms with Gasteiger partial charge in [0.1, 0.15) is 6.10 Å². The number of rotatable bonds is 11. The first-order valence-electron chi connectivity index (χ1n) is 11.1. The molecule has 2 aromatic carbocycles. The van der Waals surface area contributed by atoms with E-state index < -0.39 is 38.4 Å². The van der Waals surface area contributed by atoms with E-state index in [1.807, 2.05) is 36.4 Å². The van der Waals surface area contributed by atoms with Crippen LogP contribution in [-0.2, 0) is 39.0 Å². The van der Waals surface area contributed by atoms with Gasteiger partial charge in [-0.25, -0.2) is 9.36 Å². The SMILES string of the molecule is CCOP(=O)(OCC)O[C@@H]1C[C@@H](OCc2ccccc2)[C@H](OC(=O)c2ccccc2)[C@@H](C)O1. The number of ether oxygens (including phenoxy) is 3. The number of carbonyl (C=O) groups excluding carboxylic acids is 1. The van der Waals surface area contributed by atoms with Gasteiger partial charge in [-0.2, -0.15) is 0 Å². The number of phosphoric acid groups is 1. The van der Waals surface area contributed by atoms with Crippen molar-refractivity contribution in [3.63, 3.8) is 0 Å². The van der Waals surface area contributed by atoms with E-state index in [1.165, 1.54) is 0 Å². The third-order valence-corrected chi connectivity index (χ3v) is 6.64. The molecule has 0 radical (unpaired) electrons. The van der Waals surface area contributed by atoms with Gasteiger partial charge in [-0.15, -0.1) is 0 Å². The molecule has 0 spiro atoms. The van der Waals surface area contributed by atoms with Crippen LogP contribution in [0.4, 0.5) is 0 Å². The fourth-order valence-electron chi connectivity index (χ4n) is 3.50. The third-order valence-electron chi connectivity index (χ3n) is 5.00. The summed E-state index contributed by atoms with van der Waals surface area (Å²) in [6.07, 6.45) is -2.60. The molecule has 2 aromatic rings. The summed E-state index contributed by atoms with van der Waals surface area (Å²) in [7, 11) is -3.80. The molecule has 1 heterocycles. The van der Waals surface area contributed by atoms with E-state index in [4.69, 9.17) is 27.8 Å². The Labute approximate surface area is 194 Å². The van der Waals surface area contributed by atoms with Crippen molar-refractivity contribution in [1.29, 1.82) is 0 Å². The van der Waals surface area contributed by atoms with Crippen molar-refractivity contribution in [3.05, 3.63) is 71.8 Å². The third kappa shape index (κ3) is 7.47. The Balaban J connectivity index is 1.75. The first-order valence-corrected chi connectivity index (χ1v) is 12.5. The van der Waals surface area contributed by atoms with Crippen molar-refractivity contribution in [2.24, 2.45) is 0 Å². The Morgan fingerprint density at radius 2 is 1.61 bits per heavy atom. The first kappa shape index (κ1) is 25.6. The molecule has 0 N–H and O–H groups in total. The van der Waals surface area contributed by atoms with Gasteiger partial charge in [0.25, 0.3) is 0 Å². The maximum absolute atomic E-state index is 12.8. The second-order valence-electron chi connectivity index (χ2n) is 7.47. The summed E-state index contributed by atoms with van der Waals surface area (Å²) in [5, 5.41) is 0. The molecule has 0 unspecified atom stereocenters. The van der Waals surface area contributed by atoms with Crippen molar-refractivity contribution in [3.8, 4) is 0 Å². The zero-order valence-electron chi connectivity index (χ0n) is 19.1. The fourth-order valence-corrected chi connectivity index (χ4v) is 4.76. The number of esters is 1. The number of carbonyl (C=O) groups is 1. The van der Waals surface area contributed by atoms with Gasteiger partial charge in [-0.1, -0.05) is 48.5 Å². The van der Waals surface area contributed by atoms with Crippen LogP contribution in [-0.4, -0.2) is 43.8 Å². The van der Waals surface area contributed by atoms with E-state index in [1.54, 1.807) is 45.0 Å². The van der Waals surface area contributed by atoms with E-state index in [0.717, 1.165) is 5.56 Å². The molecular weight excluding hydrogens is 447 g/mol. The Hall–Kier alpha value is -2.06. The molecule has 1 aliphatic rings. The van der Waals surface area contributed by atoms with Gasteiger partial charge in [0, 0.05) is 6.42 Å². The van der Waals surface area contributed by atoms with Crippen LogP contribution >= 0.6 is 7.82 Å². The molecule has 1 fully saturated rings. The molecule has 4 atom stereocenters. The van der Waals surface area contributed by atoms with Crippen LogP contribution in [0.5, 0.6) is 0 Å². The molecule has 0 saturated carbocycles. The summed E-state index contributed by atoms with van der Waals surface area (Å²) in [5.41, 5.74) is 1.40. The fraction of sp³-hybridized carbons (Fsp3) is 0.458. The number of hydrogen-bond acceptors (Lipinski definition) is 8. The van der Waals surface area contributed by atoms with Crippen LogP contribution in [0.15, 0.2) is 60.7 Å². The zero-order valence-corrected chi connectivity index (χ0v) is 20.0. The number of hydrogen-bond donors (Lipinski definition) is 0. The predicted molar refractivity (Wildman–Crippen MR) is 122 cm³/mol. The minimum Gasteiger partial charge on any atom is -0.453 e. The lowest BCUT2D eigenvalue weighted by atomic mass is 10.0. The summed E-state index contributed by atoms with van der Waals surface area (Å²) < 4.78 is 46.7. The lowest BCUT2D eigenvalue weighted by molar-refractivity contribution is -0.233. The van der Waals surface area contributed by atoms with Gasteiger partial charge >= 0.3 is 13.8 Å². The molecule has 0 aliphatic carbocycles. The molecule has 180 valence electrons. The van der Waals surface area contributed by atoms with Crippen LogP contribution in [0.1, 0.15) is 43.1 Å². The molecule has 3 rings (SSSR count). The largest absolute Gasteiger partial charge is 0.477 e. The second-order valence-corrected chi connectivity index (χ2v) is 9.09. The molecule has 0 aromatic heterocycles. The van der Waals surface area contributed by atoms with E-state index in [0.29, 0.717) is 12.2 Å². The quantitative estimate of drug-likeness (QED) is 0.324.